The molecule has 0 saturated carbocycles. The Labute approximate surface area is 105 Å². The normalized spacial score (nSPS) is 9.71. The molecule has 86 valence electrons. The van der Waals surface area contributed by atoms with Crippen molar-refractivity contribution in [3.05, 3.63) is 34.5 Å². The molecule has 0 spiro atoms. The summed E-state index contributed by atoms with van der Waals surface area (Å²) in [4.78, 5) is 0.926. The van der Waals surface area contributed by atoms with E-state index < -0.39 is 0 Å². The van der Waals surface area contributed by atoms with Crippen molar-refractivity contribution in [2.45, 2.75) is 0 Å². The fraction of sp³-hybridized carbons (Fsp3) is 0.143. The zero-order valence-corrected chi connectivity index (χ0v) is 10.5. The summed E-state index contributed by atoms with van der Waals surface area (Å²) in [7, 11) is 3.25. The second-order valence-electron chi connectivity index (χ2n) is 3.41. The van der Waals surface area contributed by atoms with Crippen LogP contribution in [-0.2, 0) is 0 Å². The lowest BCUT2D eigenvalue weighted by Gasteiger charge is -2.08. The van der Waals surface area contributed by atoms with Crippen LogP contribution < -0.4 is 9.47 Å². The van der Waals surface area contributed by atoms with Gasteiger partial charge in [-0.15, -0.1) is 17.8 Å². The summed E-state index contributed by atoms with van der Waals surface area (Å²) < 4.78 is 10.5. The van der Waals surface area contributed by atoms with Crippen molar-refractivity contribution in [1.29, 1.82) is 0 Å². The van der Waals surface area contributed by atoms with Gasteiger partial charge in [-0.3, -0.25) is 0 Å². The Morgan fingerprint density at radius 3 is 2.41 bits per heavy atom. The minimum absolute atomic E-state index is 0.721. The van der Waals surface area contributed by atoms with Gasteiger partial charge >= 0.3 is 0 Å². The fourth-order valence-corrected chi connectivity index (χ4v) is 2.30. The second kappa shape index (κ2) is 4.94. The Hall–Kier alpha value is -1.92. The lowest BCUT2D eigenvalue weighted by Crippen LogP contribution is -1.90. The second-order valence-corrected chi connectivity index (χ2v) is 4.32. The van der Waals surface area contributed by atoms with Crippen LogP contribution in [0.25, 0.3) is 11.1 Å². The largest absolute Gasteiger partial charge is 0.493 e. The molecule has 0 radical (unpaired) electrons. The molecule has 0 aliphatic heterocycles. The van der Waals surface area contributed by atoms with Gasteiger partial charge in [-0.25, -0.2) is 0 Å². The maximum atomic E-state index is 5.36. The molecule has 0 amide bonds. The predicted octanol–water partition coefficient (Wildman–Crippen LogP) is 3.41. The molecule has 3 heteroatoms. The number of hydrogen-bond acceptors (Lipinski definition) is 3. The van der Waals surface area contributed by atoms with E-state index in [0.29, 0.717) is 0 Å². The van der Waals surface area contributed by atoms with Gasteiger partial charge in [-0.2, -0.15) is 0 Å². The quantitative estimate of drug-likeness (QED) is 0.770. The Bertz CT molecular complexity index is 564. The van der Waals surface area contributed by atoms with Crippen LogP contribution in [0.4, 0.5) is 0 Å². The lowest BCUT2D eigenvalue weighted by atomic mass is 10.1. The first kappa shape index (κ1) is 11.6. The smallest absolute Gasteiger partial charge is 0.161 e. The molecule has 2 rings (SSSR count). The van der Waals surface area contributed by atoms with E-state index in [4.69, 9.17) is 15.9 Å². The third-order valence-corrected chi connectivity index (χ3v) is 3.32. The first-order chi connectivity index (χ1) is 8.28. The number of ether oxygens (including phenoxy) is 2. The van der Waals surface area contributed by atoms with Gasteiger partial charge in [0.25, 0.3) is 0 Å². The fourth-order valence-electron chi connectivity index (χ4n) is 1.58. The van der Waals surface area contributed by atoms with Crippen molar-refractivity contribution in [3.8, 4) is 35.0 Å². The summed E-state index contributed by atoms with van der Waals surface area (Å²) in [6.07, 6.45) is 5.36. The molecular formula is C14H12O2S. The number of methoxy groups -OCH3 is 2. The van der Waals surface area contributed by atoms with Gasteiger partial charge in [-0.05, 0) is 34.7 Å². The van der Waals surface area contributed by atoms with E-state index in [1.807, 2.05) is 29.6 Å². The van der Waals surface area contributed by atoms with Crippen LogP contribution >= 0.6 is 11.3 Å². The van der Waals surface area contributed by atoms with Crippen LogP contribution in [0.3, 0.4) is 0 Å². The third-order valence-electron chi connectivity index (χ3n) is 2.46. The standard InChI is InChI=1S/C14H12O2S/c1-4-12-7-11(9-17-12)10-5-6-13(15-2)14(8-10)16-3/h1,5-9H,2-3H3. The summed E-state index contributed by atoms with van der Waals surface area (Å²) in [5.41, 5.74) is 2.17. The molecular weight excluding hydrogens is 232 g/mol. The summed E-state index contributed by atoms with van der Waals surface area (Å²) >= 11 is 1.56. The van der Waals surface area contributed by atoms with E-state index in [1.54, 1.807) is 25.6 Å². The number of benzene rings is 1. The van der Waals surface area contributed by atoms with Crippen LogP contribution in [0.15, 0.2) is 29.6 Å². The molecule has 17 heavy (non-hydrogen) atoms. The molecule has 0 atom stereocenters. The maximum Gasteiger partial charge on any atom is 0.161 e. The van der Waals surface area contributed by atoms with Crippen molar-refractivity contribution in [2.24, 2.45) is 0 Å². The maximum absolute atomic E-state index is 5.36. The van der Waals surface area contributed by atoms with Gasteiger partial charge in [0.1, 0.15) is 0 Å². The van der Waals surface area contributed by atoms with Gasteiger partial charge in [-0.1, -0.05) is 12.0 Å². The lowest BCUT2D eigenvalue weighted by molar-refractivity contribution is 0.355. The van der Waals surface area contributed by atoms with Crippen molar-refractivity contribution in [3.63, 3.8) is 0 Å². The Kier molecular flexibility index (Phi) is 3.36. The SMILES string of the molecule is C#Cc1cc(-c2ccc(OC)c(OC)c2)cs1. The highest BCUT2D eigenvalue weighted by molar-refractivity contribution is 7.11. The van der Waals surface area contributed by atoms with E-state index in [2.05, 4.69) is 5.92 Å². The minimum atomic E-state index is 0.721. The van der Waals surface area contributed by atoms with Crippen LogP contribution in [0.2, 0.25) is 0 Å². The van der Waals surface area contributed by atoms with E-state index >= 15 is 0 Å². The molecule has 0 aliphatic rings. The van der Waals surface area contributed by atoms with Gasteiger partial charge in [0, 0.05) is 0 Å². The molecule has 0 bridgehead atoms. The first-order valence-corrected chi connectivity index (χ1v) is 5.94. The van der Waals surface area contributed by atoms with Crippen molar-refractivity contribution in [1.82, 2.24) is 0 Å². The van der Waals surface area contributed by atoms with E-state index in [1.165, 1.54) is 0 Å². The van der Waals surface area contributed by atoms with Gasteiger partial charge < -0.3 is 9.47 Å². The van der Waals surface area contributed by atoms with Crippen LogP contribution in [0.1, 0.15) is 4.88 Å². The average molecular weight is 244 g/mol. The topological polar surface area (TPSA) is 18.5 Å². The molecule has 0 aliphatic carbocycles. The molecule has 0 fully saturated rings. The Morgan fingerprint density at radius 2 is 1.82 bits per heavy atom. The first-order valence-electron chi connectivity index (χ1n) is 5.06. The minimum Gasteiger partial charge on any atom is -0.493 e. The zero-order valence-electron chi connectivity index (χ0n) is 9.69. The van der Waals surface area contributed by atoms with Crippen LogP contribution in [0.5, 0.6) is 11.5 Å². The van der Waals surface area contributed by atoms with Crippen molar-refractivity contribution in [2.75, 3.05) is 14.2 Å². The van der Waals surface area contributed by atoms with E-state index in [0.717, 1.165) is 27.5 Å². The highest BCUT2D eigenvalue weighted by atomic mass is 32.1. The van der Waals surface area contributed by atoms with Crippen molar-refractivity contribution >= 4 is 11.3 Å². The highest BCUT2D eigenvalue weighted by Crippen LogP contribution is 2.33. The summed E-state index contributed by atoms with van der Waals surface area (Å²) in [5, 5.41) is 2.04. The Morgan fingerprint density at radius 1 is 1.06 bits per heavy atom. The highest BCUT2D eigenvalue weighted by Gasteiger charge is 2.07. The molecule has 2 aromatic rings. The Balaban J connectivity index is 2.43. The summed E-state index contributed by atoms with van der Waals surface area (Å²) in [6, 6.07) is 7.82. The summed E-state index contributed by atoms with van der Waals surface area (Å²) in [5.74, 6) is 4.08. The molecule has 1 aromatic heterocycles. The molecule has 0 N–H and O–H groups in total. The molecule has 0 saturated heterocycles. The number of rotatable bonds is 3. The van der Waals surface area contributed by atoms with Gasteiger partial charge in [0.2, 0.25) is 0 Å². The van der Waals surface area contributed by atoms with Crippen LogP contribution in [0, 0.1) is 12.3 Å². The van der Waals surface area contributed by atoms with Crippen LogP contribution in [-0.4, -0.2) is 14.2 Å². The number of terminal acetylenes is 1. The number of thiophene rings is 1. The van der Waals surface area contributed by atoms with E-state index in [9.17, 15) is 0 Å². The predicted molar refractivity (Wildman–Crippen MR) is 70.8 cm³/mol. The van der Waals surface area contributed by atoms with Gasteiger partial charge in [0.15, 0.2) is 11.5 Å². The average Bonchev–Trinajstić information content (AvgIpc) is 2.86. The molecule has 1 aromatic carbocycles. The number of hydrogen-bond donors (Lipinski definition) is 0. The zero-order chi connectivity index (χ0) is 12.3. The monoisotopic (exact) mass is 244 g/mol. The molecule has 1 heterocycles. The summed E-state index contributed by atoms with van der Waals surface area (Å²) in [6.45, 7) is 0. The molecule has 0 unspecified atom stereocenters. The third kappa shape index (κ3) is 2.27. The van der Waals surface area contributed by atoms with E-state index in [-0.39, 0.29) is 0 Å². The van der Waals surface area contributed by atoms with Gasteiger partial charge in [0.05, 0.1) is 19.1 Å². The van der Waals surface area contributed by atoms with Crippen molar-refractivity contribution < 1.29 is 9.47 Å². The molecule has 2 nitrogen and oxygen atoms in total.